The van der Waals surface area contributed by atoms with Crippen molar-refractivity contribution in [3.05, 3.63) is 29.3 Å². The Labute approximate surface area is 130 Å². The van der Waals surface area contributed by atoms with Crippen LogP contribution < -0.4 is 10.1 Å². The molecule has 0 unspecified atom stereocenters. The minimum atomic E-state index is -0.997. The number of aromatic carboxylic acids is 1. The predicted molar refractivity (Wildman–Crippen MR) is 82.5 cm³/mol. The van der Waals surface area contributed by atoms with Crippen molar-refractivity contribution in [3.8, 4) is 5.75 Å². The van der Waals surface area contributed by atoms with Crippen LogP contribution in [0.5, 0.6) is 5.75 Å². The molecule has 1 rings (SSSR count). The van der Waals surface area contributed by atoms with Gasteiger partial charge < -0.3 is 19.9 Å². The van der Waals surface area contributed by atoms with Crippen LogP contribution in [-0.4, -0.2) is 35.4 Å². The zero-order valence-corrected chi connectivity index (χ0v) is 13.6. The number of carbonyl (C=O) groups excluding carboxylic acids is 1. The first-order valence-corrected chi connectivity index (χ1v) is 7.05. The molecule has 6 heteroatoms. The maximum atomic E-state index is 11.6. The third-order valence-corrected chi connectivity index (χ3v) is 2.70. The lowest BCUT2D eigenvalue weighted by Crippen LogP contribution is -2.40. The summed E-state index contributed by atoms with van der Waals surface area (Å²) in [5.41, 5.74) is 0.308. The number of ether oxygens (including phenoxy) is 2. The summed E-state index contributed by atoms with van der Waals surface area (Å²) in [6.45, 7) is 9.06. The monoisotopic (exact) mass is 309 g/mol. The first-order chi connectivity index (χ1) is 10.1. The fourth-order valence-electron chi connectivity index (χ4n) is 1.69. The van der Waals surface area contributed by atoms with Crippen molar-refractivity contribution in [2.45, 2.75) is 46.3 Å². The molecule has 0 bridgehead atoms. The van der Waals surface area contributed by atoms with Gasteiger partial charge in [-0.2, -0.15) is 0 Å². The number of hydrogen-bond donors (Lipinski definition) is 2. The average Bonchev–Trinajstić information content (AvgIpc) is 2.34. The molecule has 6 nitrogen and oxygen atoms in total. The molecule has 0 heterocycles. The third-order valence-electron chi connectivity index (χ3n) is 2.70. The number of carboxylic acid groups (broad SMARTS) is 1. The van der Waals surface area contributed by atoms with Crippen LogP contribution in [0.3, 0.4) is 0 Å². The van der Waals surface area contributed by atoms with Crippen molar-refractivity contribution in [1.29, 1.82) is 0 Å². The maximum Gasteiger partial charge on any atom is 0.407 e. The van der Waals surface area contributed by atoms with Crippen molar-refractivity contribution < 1.29 is 24.2 Å². The molecule has 0 saturated carbocycles. The zero-order valence-electron chi connectivity index (χ0n) is 13.6. The van der Waals surface area contributed by atoms with Crippen molar-refractivity contribution in [2.75, 3.05) is 6.61 Å². The Morgan fingerprint density at radius 3 is 2.50 bits per heavy atom. The van der Waals surface area contributed by atoms with E-state index in [9.17, 15) is 9.59 Å². The number of carboxylic acids is 1. The largest absolute Gasteiger partial charge is 0.491 e. The number of hydrogen-bond acceptors (Lipinski definition) is 4. The van der Waals surface area contributed by atoms with Crippen LogP contribution in [0.2, 0.25) is 0 Å². The molecule has 122 valence electrons. The van der Waals surface area contributed by atoms with E-state index in [1.807, 2.05) is 0 Å². The maximum absolute atomic E-state index is 11.6. The molecule has 0 fully saturated rings. The molecule has 1 aromatic rings. The summed E-state index contributed by atoms with van der Waals surface area (Å²) >= 11 is 0. The summed E-state index contributed by atoms with van der Waals surface area (Å²) in [6, 6.07) is 4.58. The van der Waals surface area contributed by atoms with Crippen LogP contribution in [-0.2, 0) is 4.74 Å². The first-order valence-electron chi connectivity index (χ1n) is 7.05. The van der Waals surface area contributed by atoms with Crippen LogP contribution in [0.1, 0.15) is 43.6 Å². The summed E-state index contributed by atoms with van der Waals surface area (Å²) in [5, 5.41) is 11.7. The van der Waals surface area contributed by atoms with Crippen molar-refractivity contribution in [3.63, 3.8) is 0 Å². The van der Waals surface area contributed by atoms with Crippen molar-refractivity contribution in [1.82, 2.24) is 5.32 Å². The smallest absolute Gasteiger partial charge is 0.407 e. The van der Waals surface area contributed by atoms with Gasteiger partial charge in [0.15, 0.2) is 0 Å². The topological polar surface area (TPSA) is 84.9 Å². The van der Waals surface area contributed by atoms with Gasteiger partial charge in [-0.15, -0.1) is 0 Å². The second-order valence-electron chi connectivity index (χ2n) is 6.14. The fourth-order valence-corrected chi connectivity index (χ4v) is 1.69. The standard InChI is InChI=1S/C16H23NO5/c1-10-6-7-12(8-13(10)14(18)19)21-9-11(2)17-15(20)22-16(3,4)5/h6-8,11H,9H2,1-5H3,(H,17,20)(H,18,19)/t11-/m0/s1. The van der Waals surface area contributed by atoms with Gasteiger partial charge in [-0.1, -0.05) is 6.07 Å². The Morgan fingerprint density at radius 1 is 1.32 bits per heavy atom. The van der Waals surface area contributed by atoms with Crippen molar-refractivity contribution >= 4 is 12.1 Å². The normalized spacial score (nSPS) is 12.4. The van der Waals surface area contributed by atoms with Gasteiger partial charge in [-0.25, -0.2) is 9.59 Å². The van der Waals surface area contributed by atoms with Gasteiger partial charge >= 0.3 is 12.1 Å². The van der Waals surface area contributed by atoms with Crippen LogP contribution >= 0.6 is 0 Å². The van der Waals surface area contributed by atoms with E-state index in [0.29, 0.717) is 11.3 Å². The molecule has 0 saturated heterocycles. The molecule has 22 heavy (non-hydrogen) atoms. The van der Waals surface area contributed by atoms with E-state index in [1.54, 1.807) is 46.8 Å². The van der Waals surface area contributed by atoms with Crippen molar-refractivity contribution in [2.24, 2.45) is 0 Å². The molecule has 1 atom stereocenters. The van der Waals surface area contributed by atoms with Crippen LogP contribution in [0.4, 0.5) is 4.79 Å². The van der Waals surface area contributed by atoms with E-state index >= 15 is 0 Å². The quantitative estimate of drug-likeness (QED) is 0.873. The van der Waals surface area contributed by atoms with E-state index < -0.39 is 17.7 Å². The van der Waals surface area contributed by atoms with Gasteiger partial charge in [-0.05, 0) is 52.3 Å². The molecular weight excluding hydrogens is 286 g/mol. The number of alkyl carbamates (subject to hydrolysis) is 1. The number of aryl methyl sites for hydroxylation is 1. The van der Waals surface area contributed by atoms with Gasteiger partial charge in [0.1, 0.15) is 18.0 Å². The number of amides is 1. The number of nitrogens with one attached hydrogen (secondary N) is 1. The molecule has 0 aliphatic rings. The minimum Gasteiger partial charge on any atom is -0.491 e. The van der Waals surface area contributed by atoms with Crippen LogP contribution in [0.15, 0.2) is 18.2 Å². The summed E-state index contributed by atoms with van der Waals surface area (Å²) in [4.78, 5) is 22.7. The molecule has 0 aromatic heterocycles. The highest BCUT2D eigenvalue weighted by molar-refractivity contribution is 5.89. The Morgan fingerprint density at radius 2 is 1.95 bits per heavy atom. The Hall–Kier alpha value is -2.24. The van der Waals surface area contributed by atoms with E-state index in [1.165, 1.54) is 6.07 Å². The van der Waals surface area contributed by atoms with E-state index in [0.717, 1.165) is 0 Å². The second kappa shape index (κ2) is 7.15. The van der Waals surface area contributed by atoms with E-state index in [-0.39, 0.29) is 18.2 Å². The van der Waals surface area contributed by atoms with Gasteiger partial charge in [0, 0.05) is 0 Å². The summed E-state index contributed by atoms with van der Waals surface area (Å²) in [7, 11) is 0. The SMILES string of the molecule is Cc1ccc(OC[C@H](C)NC(=O)OC(C)(C)C)cc1C(=O)O. The first kappa shape index (κ1) is 17.8. The number of rotatable bonds is 5. The molecule has 2 N–H and O–H groups in total. The molecule has 0 spiro atoms. The highest BCUT2D eigenvalue weighted by Gasteiger charge is 2.18. The molecule has 1 amide bonds. The number of carbonyl (C=O) groups is 2. The van der Waals surface area contributed by atoms with E-state index in [2.05, 4.69) is 5.32 Å². The van der Waals surface area contributed by atoms with Gasteiger partial charge in [0.2, 0.25) is 0 Å². The van der Waals surface area contributed by atoms with Crippen LogP contribution in [0.25, 0.3) is 0 Å². The lowest BCUT2D eigenvalue weighted by atomic mass is 10.1. The average molecular weight is 309 g/mol. The third kappa shape index (κ3) is 6.03. The van der Waals surface area contributed by atoms with Gasteiger partial charge in [-0.3, -0.25) is 0 Å². The highest BCUT2D eigenvalue weighted by Crippen LogP contribution is 2.17. The highest BCUT2D eigenvalue weighted by atomic mass is 16.6. The lowest BCUT2D eigenvalue weighted by molar-refractivity contribution is 0.0493. The zero-order chi connectivity index (χ0) is 16.9. The molecule has 1 aromatic carbocycles. The summed E-state index contributed by atoms with van der Waals surface area (Å²) in [5.74, 6) is -0.552. The van der Waals surface area contributed by atoms with Crippen LogP contribution in [0, 0.1) is 6.92 Å². The molecule has 0 aliphatic carbocycles. The Kier molecular flexibility index (Phi) is 5.79. The summed E-state index contributed by atoms with van der Waals surface area (Å²) < 4.78 is 10.7. The molecular formula is C16H23NO5. The van der Waals surface area contributed by atoms with Gasteiger partial charge in [0.25, 0.3) is 0 Å². The Bertz CT molecular complexity index is 548. The molecule has 0 aliphatic heterocycles. The minimum absolute atomic E-state index is 0.199. The second-order valence-corrected chi connectivity index (χ2v) is 6.14. The van der Waals surface area contributed by atoms with E-state index in [4.69, 9.17) is 14.6 Å². The lowest BCUT2D eigenvalue weighted by Gasteiger charge is -2.22. The summed E-state index contributed by atoms with van der Waals surface area (Å²) in [6.07, 6.45) is -0.515. The molecule has 0 radical (unpaired) electrons. The van der Waals surface area contributed by atoms with Gasteiger partial charge in [0.05, 0.1) is 11.6 Å². The fraction of sp³-hybridized carbons (Fsp3) is 0.500. The number of benzene rings is 1. The predicted octanol–water partition coefficient (Wildman–Crippen LogP) is 2.99. The Balaban J connectivity index is 2.54.